The monoisotopic (exact) mass is 224 g/mol. The molecule has 3 heteroatoms. The molecule has 2 unspecified atom stereocenters. The first-order chi connectivity index (χ1) is 7.29. The normalized spacial score (nSPS) is 25.7. The molecule has 82 valence electrons. The molecule has 0 aliphatic carbocycles. The molecule has 1 aromatic carbocycles. The Balaban J connectivity index is 1.98. The zero-order valence-corrected chi connectivity index (χ0v) is 9.41. The van der Waals surface area contributed by atoms with Crippen molar-refractivity contribution in [3.05, 3.63) is 35.4 Å². The quantitative estimate of drug-likeness (QED) is 0.816. The van der Waals surface area contributed by atoms with Gasteiger partial charge in [0.2, 0.25) is 0 Å². The van der Waals surface area contributed by atoms with Crippen molar-refractivity contribution in [2.24, 2.45) is 5.92 Å². The van der Waals surface area contributed by atoms with Crippen molar-refractivity contribution in [2.45, 2.75) is 19.1 Å². The van der Waals surface area contributed by atoms with Gasteiger partial charge in [0.25, 0.3) is 0 Å². The Labute approximate surface area is 94.3 Å². The van der Waals surface area contributed by atoms with Gasteiger partial charge >= 0.3 is 0 Å². The molecule has 1 aliphatic heterocycles. The summed E-state index contributed by atoms with van der Waals surface area (Å²) in [6, 6.07) is 7.98. The number of aliphatic hydroxyl groups excluding tert-OH is 2. The summed E-state index contributed by atoms with van der Waals surface area (Å²) in [6.45, 7) is 0.0994. The highest BCUT2D eigenvalue weighted by atomic mass is 32.2. The van der Waals surface area contributed by atoms with Crippen LogP contribution in [0, 0.1) is 5.92 Å². The average molecular weight is 224 g/mol. The number of hydrogen-bond acceptors (Lipinski definition) is 3. The molecular weight excluding hydrogens is 208 g/mol. The van der Waals surface area contributed by atoms with Gasteiger partial charge < -0.3 is 10.2 Å². The van der Waals surface area contributed by atoms with E-state index >= 15 is 0 Å². The van der Waals surface area contributed by atoms with Crippen LogP contribution in [-0.4, -0.2) is 27.8 Å². The second-order valence-electron chi connectivity index (χ2n) is 4.04. The van der Waals surface area contributed by atoms with E-state index in [0.717, 1.165) is 23.5 Å². The first-order valence-electron chi connectivity index (χ1n) is 5.24. The predicted molar refractivity (Wildman–Crippen MR) is 62.9 cm³/mol. The highest BCUT2D eigenvalue weighted by Crippen LogP contribution is 2.27. The Kier molecular flexibility index (Phi) is 3.67. The van der Waals surface area contributed by atoms with Crippen molar-refractivity contribution in [3.8, 4) is 0 Å². The van der Waals surface area contributed by atoms with Gasteiger partial charge in [-0.1, -0.05) is 24.3 Å². The summed E-state index contributed by atoms with van der Waals surface area (Å²) in [5.74, 6) is 2.33. The van der Waals surface area contributed by atoms with Crippen LogP contribution >= 0.6 is 11.8 Å². The summed E-state index contributed by atoms with van der Waals surface area (Å²) in [5, 5.41) is 18.6. The lowest BCUT2D eigenvalue weighted by Crippen LogP contribution is -2.19. The minimum absolute atomic E-state index is 0.0994. The van der Waals surface area contributed by atoms with E-state index in [9.17, 15) is 5.11 Å². The first-order valence-corrected chi connectivity index (χ1v) is 6.39. The number of thioether (sulfide) groups is 1. The fourth-order valence-electron chi connectivity index (χ4n) is 1.87. The van der Waals surface area contributed by atoms with Crippen molar-refractivity contribution in [2.75, 3.05) is 11.5 Å². The molecule has 15 heavy (non-hydrogen) atoms. The summed E-state index contributed by atoms with van der Waals surface area (Å²) >= 11 is 1.83. The molecule has 0 bridgehead atoms. The van der Waals surface area contributed by atoms with Gasteiger partial charge in [0.05, 0.1) is 12.7 Å². The minimum Gasteiger partial charge on any atom is -0.392 e. The van der Waals surface area contributed by atoms with Crippen LogP contribution in [0.3, 0.4) is 0 Å². The average Bonchev–Trinajstić information content (AvgIpc) is 2.66. The zero-order valence-electron chi connectivity index (χ0n) is 8.60. The zero-order chi connectivity index (χ0) is 10.7. The van der Waals surface area contributed by atoms with Gasteiger partial charge in [0, 0.05) is 5.75 Å². The molecule has 2 rings (SSSR count). The van der Waals surface area contributed by atoms with E-state index in [4.69, 9.17) is 5.11 Å². The molecule has 0 radical (unpaired) electrons. The lowest BCUT2D eigenvalue weighted by molar-refractivity contribution is 0.150. The maximum atomic E-state index is 9.69. The van der Waals surface area contributed by atoms with Crippen LogP contribution < -0.4 is 0 Å². The van der Waals surface area contributed by atoms with Gasteiger partial charge in [0.1, 0.15) is 0 Å². The van der Waals surface area contributed by atoms with Crippen LogP contribution in [0.4, 0.5) is 0 Å². The Morgan fingerprint density at radius 1 is 1.13 bits per heavy atom. The van der Waals surface area contributed by atoms with Crippen molar-refractivity contribution in [3.63, 3.8) is 0 Å². The van der Waals surface area contributed by atoms with E-state index in [1.165, 1.54) is 5.56 Å². The molecular formula is C12H16O2S. The fraction of sp³-hybridized carbons (Fsp3) is 0.500. The van der Waals surface area contributed by atoms with Crippen molar-refractivity contribution < 1.29 is 10.2 Å². The van der Waals surface area contributed by atoms with Crippen molar-refractivity contribution >= 4 is 11.8 Å². The van der Waals surface area contributed by atoms with E-state index < -0.39 is 0 Å². The third kappa shape index (κ3) is 2.74. The summed E-state index contributed by atoms with van der Waals surface area (Å²) in [7, 11) is 0. The number of hydrogen-bond donors (Lipinski definition) is 2. The van der Waals surface area contributed by atoms with E-state index in [0.29, 0.717) is 5.92 Å². The largest absolute Gasteiger partial charge is 0.392 e. The Morgan fingerprint density at radius 2 is 1.80 bits per heavy atom. The van der Waals surface area contributed by atoms with Gasteiger partial charge in [-0.2, -0.15) is 11.8 Å². The van der Waals surface area contributed by atoms with Crippen molar-refractivity contribution in [1.29, 1.82) is 0 Å². The van der Waals surface area contributed by atoms with Crippen LogP contribution in [0.2, 0.25) is 0 Å². The number of aliphatic hydroxyl groups is 2. The highest BCUT2D eigenvalue weighted by Gasteiger charge is 2.25. The second kappa shape index (κ2) is 5.01. The van der Waals surface area contributed by atoms with Gasteiger partial charge in [-0.3, -0.25) is 0 Å². The summed E-state index contributed by atoms with van der Waals surface area (Å²) in [4.78, 5) is 0. The lowest BCUT2D eigenvalue weighted by atomic mass is 9.96. The van der Waals surface area contributed by atoms with Crippen molar-refractivity contribution in [1.82, 2.24) is 0 Å². The van der Waals surface area contributed by atoms with Crippen LogP contribution in [0.1, 0.15) is 11.1 Å². The molecule has 1 aromatic rings. The van der Waals surface area contributed by atoms with Gasteiger partial charge in [-0.25, -0.2) is 0 Å². The lowest BCUT2D eigenvalue weighted by Gasteiger charge is -2.13. The van der Waals surface area contributed by atoms with E-state index in [1.807, 2.05) is 36.0 Å². The molecule has 1 aliphatic rings. The van der Waals surface area contributed by atoms with Gasteiger partial charge in [0.15, 0.2) is 0 Å². The van der Waals surface area contributed by atoms with E-state index in [-0.39, 0.29) is 12.7 Å². The summed E-state index contributed by atoms with van der Waals surface area (Å²) < 4.78 is 0. The molecule has 1 heterocycles. The number of benzene rings is 1. The van der Waals surface area contributed by atoms with Crippen LogP contribution in [-0.2, 0) is 13.0 Å². The minimum atomic E-state index is -0.146. The number of rotatable bonds is 3. The Hall–Kier alpha value is -0.510. The van der Waals surface area contributed by atoms with Gasteiger partial charge in [-0.05, 0) is 29.2 Å². The first kappa shape index (κ1) is 11.0. The smallest absolute Gasteiger partial charge is 0.0681 e. The third-order valence-electron chi connectivity index (χ3n) is 2.87. The molecule has 0 amide bonds. The molecule has 2 nitrogen and oxygen atoms in total. The van der Waals surface area contributed by atoms with E-state index in [1.54, 1.807) is 0 Å². The maximum Gasteiger partial charge on any atom is 0.0681 e. The standard InChI is InChI=1S/C12H16O2S/c13-6-10-3-1-9(2-4-10)5-11-7-15-8-12(11)14/h1-4,11-14H,5-8H2. The summed E-state index contributed by atoms with van der Waals surface area (Å²) in [5.41, 5.74) is 2.19. The van der Waals surface area contributed by atoms with Crippen LogP contribution in [0.5, 0.6) is 0 Å². The van der Waals surface area contributed by atoms with Crippen LogP contribution in [0.25, 0.3) is 0 Å². The Bertz CT molecular complexity index is 310. The highest BCUT2D eigenvalue weighted by molar-refractivity contribution is 7.99. The summed E-state index contributed by atoms with van der Waals surface area (Å²) in [6.07, 6.45) is 0.799. The van der Waals surface area contributed by atoms with Crippen LogP contribution in [0.15, 0.2) is 24.3 Å². The third-order valence-corrected chi connectivity index (χ3v) is 4.11. The second-order valence-corrected chi connectivity index (χ2v) is 5.12. The molecule has 1 fully saturated rings. The van der Waals surface area contributed by atoms with E-state index in [2.05, 4.69) is 0 Å². The molecule has 0 aromatic heterocycles. The molecule has 0 saturated carbocycles. The fourth-order valence-corrected chi connectivity index (χ4v) is 3.16. The molecule has 2 atom stereocenters. The Morgan fingerprint density at radius 3 is 2.33 bits per heavy atom. The predicted octanol–water partition coefficient (Wildman–Crippen LogP) is 1.45. The SMILES string of the molecule is OCc1ccc(CC2CSCC2O)cc1. The molecule has 1 saturated heterocycles. The topological polar surface area (TPSA) is 40.5 Å². The molecule has 2 N–H and O–H groups in total. The molecule has 0 spiro atoms. The maximum absolute atomic E-state index is 9.69. The van der Waals surface area contributed by atoms with Gasteiger partial charge in [-0.15, -0.1) is 0 Å².